The molecule has 0 amide bonds. The lowest BCUT2D eigenvalue weighted by Crippen LogP contribution is -2.34. The summed E-state index contributed by atoms with van der Waals surface area (Å²) in [5.74, 6) is 0. The Morgan fingerprint density at radius 2 is 2.55 bits per heavy atom. The molecule has 11 heavy (non-hydrogen) atoms. The van der Waals surface area contributed by atoms with Crippen molar-refractivity contribution < 1.29 is 5.11 Å². The fourth-order valence-electron chi connectivity index (χ4n) is 1.54. The normalized spacial score (nSPS) is 35.7. The summed E-state index contributed by atoms with van der Waals surface area (Å²) in [7, 11) is 0. The minimum Gasteiger partial charge on any atom is -0.388 e. The number of fused-ring (bicyclic) bond motifs is 1. The molecule has 0 saturated carbocycles. The van der Waals surface area contributed by atoms with Crippen LogP contribution in [0.25, 0.3) is 0 Å². The summed E-state index contributed by atoms with van der Waals surface area (Å²) in [6, 6.07) is 1.86. The summed E-state index contributed by atoms with van der Waals surface area (Å²) < 4.78 is 0. The van der Waals surface area contributed by atoms with Crippen LogP contribution in [0.3, 0.4) is 0 Å². The van der Waals surface area contributed by atoms with Gasteiger partial charge in [0, 0.05) is 11.3 Å². The largest absolute Gasteiger partial charge is 0.388 e. The van der Waals surface area contributed by atoms with Crippen molar-refractivity contribution >= 4 is 11.3 Å². The van der Waals surface area contributed by atoms with Crippen LogP contribution in [-0.2, 0) is 6.42 Å². The zero-order valence-corrected chi connectivity index (χ0v) is 7.19. The standard InChI is InChI=1S/C8H11NOS/c1-8(10)4-5-2-3-11-6(5)7(8)9/h2-3,7,10H,4,9H2,1H3. The third-order valence-corrected chi connectivity index (χ3v) is 3.32. The molecule has 1 heterocycles. The number of hydrogen-bond donors (Lipinski definition) is 2. The van der Waals surface area contributed by atoms with Gasteiger partial charge in [-0.25, -0.2) is 0 Å². The molecule has 3 N–H and O–H groups in total. The average Bonchev–Trinajstić information content (AvgIpc) is 2.39. The van der Waals surface area contributed by atoms with Gasteiger partial charge >= 0.3 is 0 Å². The van der Waals surface area contributed by atoms with E-state index in [2.05, 4.69) is 0 Å². The molecule has 0 aliphatic heterocycles. The maximum Gasteiger partial charge on any atom is 0.0860 e. The lowest BCUT2D eigenvalue weighted by Gasteiger charge is -2.21. The van der Waals surface area contributed by atoms with Crippen LogP contribution in [0.15, 0.2) is 11.4 Å². The van der Waals surface area contributed by atoms with Crippen LogP contribution in [-0.4, -0.2) is 10.7 Å². The predicted octanol–water partition coefficient (Wildman–Crippen LogP) is 1.05. The van der Waals surface area contributed by atoms with Gasteiger partial charge in [-0.3, -0.25) is 0 Å². The van der Waals surface area contributed by atoms with E-state index >= 15 is 0 Å². The molecular formula is C8H11NOS. The Labute approximate surface area is 69.7 Å². The number of nitrogens with two attached hydrogens (primary N) is 1. The first kappa shape index (κ1) is 7.28. The molecule has 0 fully saturated rings. The van der Waals surface area contributed by atoms with Crippen LogP contribution in [0.2, 0.25) is 0 Å². The number of thiophene rings is 1. The summed E-state index contributed by atoms with van der Waals surface area (Å²) >= 11 is 1.64. The highest BCUT2D eigenvalue weighted by Gasteiger charge is 2.39. The van der Waals surface area contributed by atoms with Gasteiger partial charge in [-0.1, -0.05) is 0 Å². The van der Waals surface area contributed by atoms with Gasteiger partial charge in [0.2, 0.25) is 0 Å². The van der Waals surface area contributed by atoms with Gasteiger partial charge in [-0.2, -0.15) is 0 Å². The van der Waals surface area contributed by atoms with Crippen LogP contribution < -0.4 is 5.73 Å². The van der Waals surface area contributed by atoms with Crippen molar-refractivity contribution in [2.75, 3.05) is 0 Å². The highest BCUT2D eigenvalue weighted by Crippen LogP contribution is 2.40. The fourth-order valence-corrected chi connectivity index (χ4v) is 2.62. The first-order valence-electron chi connectivity index (χ1n) is 3.65. The number of aliphatic hydroxyl groups is 1. The van der Waals surface area contributed by atoms with Crippen LogP contribution in [0.1, 0.15) is 23.4 Å². The third kappa shape index (κ3) is 0.922. The molecule has 2 rings (SSSR count). The van der Waals surface area contributed by atoms with Crippen molar-refractivity contribution in [1.82, 2.24) is 0 Å². The molecule has 1 aliphatic carbocycles. The lowest BCUT2D eigenvalue weighted by atomic mass is 10.0. The predicted molar refractivity (Wildman–Crippen MR) is 45.6 cm³/mol. The lowest BCUT2D eigenvalue weighted by molar-refractivity contribution is 0.0455. The number of rotatable bonds is 0. The maximum absolute atomic E-state index is 9.75. The van der Waals surface area contributed by atoms with Gasteiger partial charge in [0.05, 0.1) is 11.6 Å². The maximum atomic E-state index is 9.75. The van der Waals surface area contributed by atoms with Crippen LogP contribution in [0, 0.1) is 0 Å². The molecule has 60 valence electrons. The summed E-state index contributed by atoms with van der Waals surface area (Å²) in [6.45, 7) is 1.80. The second kappa shape index (κ2) is 2.06. The van der Waals surface area contributed by atoms with E-state index in [0.29, 0.717) is 6.42 Å². The third-order valence-electron chi connectivity index (χ3n) is 2.28. The van der Waals surface area contributed by atoms with Gasteiger partial charge in [-0.05, 0) is 23.9 Å². The van der Waals surface area contributed by atoms with Crippen molar-refractivity contribution in [3.63, 3.8) is 0 Å². The molecular weight excluding hydrogens is 158 g/mol. The van der Waals surface area contributed by atoms with E-state index in [0.717, 1.165) is 4.88 Å². The van der Waals surface area contributed by atoms with Crippen molar-refractivity contribution in [3.8, 4) is 0 Å². The molecule has 0 radical (unpaired) electrons. The molecule has 1 aromatic heterocycles. The SMILES string of the molecule is CC1(O)Cc2ccsc2C1N. The summed E-state index contributed by atoms with van der Waals surface area (Å²) in [5.41, 5.74) is 6.32. The van der Waals surface area contributed by atoms with Gasteiger partial charge in [0.25, 0.3) is 0 Å². The first-order chi connectivity index (χ1) is 5.11. The molecule has 1 aromatic rings. The Bertz CT molecular complexity index is 279. The minimum absolute atomic E-state index is 0.183. The Morgan fingerprint density at radius 1 is 1.82 bits per heavy atom. The molecule has 2 unspecified atom stereocenters. The second-order valence-corrected chi connectivity index (χ2v) is 4.27. The molecule has 2 atom stereocenters. The molecule has 3 heteroatoms. The van der Waals surface area contributed by atoms with Crippen LogP contribution >= 0.6 is 11.3 Å². The van der Waals surface area contributed by atoms with E-state index in [9.17, 15) is 5.11 Å². The summed E-state index contributed by atoms with van der Waals surface area (Å²) in [4.78, 5) is 1.15. The van der Waals surface area contributed by atoms with E-state index in [-0.39, 0.29) is 6.04 Å². The molecule has 0 aromatic carbocycles. The zero-order valence-electron chi connectivity index (χ0n) is 6.37. The number of hydrogen-bond acceptors (Lipinski definition) is 3. The Balaban J connectivity index is 2.45. The van der Waals surface area contributed by atoms with Crippen LogP contribution in [0.4, 0.5) is 0 Å². The zero-order chi connectivity index (χ0) is 8.06. The van der Waals surface area contributed by atoms with Crippen molar-refractivity contribution in [2.45, 2.75) is 25.0 Å². The molecule has 0 bridgehead atoms. The summed E-state index contributed by atoms with van der Waals surface area (Å²) in [5, 5.41) is 11.8. The van der Waals surface area contributed by atoms with E-state index < -0.39 is 5.60 Å². The minimum atomic E-state index is -0.720. The monoisotopic (exact) mass is 169 g/mol. The molecule has 2 nitrogen and oxygen atoms in total. The Morgan fingerprint density at radius 3 is 3.18 bits per heavy atom. The van der Waals surface area contributed by atoms with Gasteiger partial charge in [0.1, 0.15) is 0 Å². The quantitative estimate of drug-likeness (QED) is 0.610. The van der Waals surface area contributed by atoms with Crippen molar-refractivity contribution in [2.24, 2.45) is 5.73 Å². The highest BCUT2D eigenvalue weighted by molar-refractivity contribution is 7.10. The van der Waals surface area contributed by atoms with Crippen LogP contribution in [0.5, 0.6) is 0 Å². The van der Waals surface area contributed by atoms with E-state index in [4.69, 9.17) is 5.73 Å². The Hall–Kier alpha value is -0.380. The van der Waals surface area contributed by atoms with Crippen molar-refractivity contribution in [3.05, 3.63) is 21.9 Å². The Kier molecular flexibility index (Phi) is 1.36. The average molecular weight is 169 g/mol. The van der Waals surface area contributed by atoms with Gasteiger partial charge < -0.3 is 10.8 Å². The van der Waals surface area contributed by atoms with Gasteiger partial charge in [-0.15, -0.1) is 11.3 Å². The van der Waals surface area contributed by atoms with Crippen molar-refractivity contribution in [1.29, 1.82) is 0 Å². The smallest absolute Gasteiger partial charge is 0.0860 e. The highest BCUT2D eigenvalue weighted by atomic mass is 32.1. The molecule has 0 spiro atoms. The van der Waals surface area contributed by atoms with E-state index in [1.54, 1.807) is 18.3 Å². The fraction of sp³-hybridized carbons (Fsp3) is 0.500. The van der Waals surface area contributed by atoms with E-state index in [1.807, 2.05) is 11.4 Å². The first-order valence-corrected chi connectivity index (χ1v) is 4.53. The molecule has 0 saturated heterocycles. The second-order valence-electron chi connectivity index (χ2n) is 3.32. The topological polar surface area (TPSA) is 46.2 Å². The van der Waals surface area contributed by atoms with Gasteiger partial charge in [0.15, 0.2) is 0 Å². The van der Waals surface area contributed by atoms with E-state index in [1.165, 1.54) is 5.56 Å². The molecule has 1 aliphatic rings. The summed E-state index contributed by atoms with van der Waals surface area (Å²) in [6.07, 6.45) is 0.701.